The fraction of sp³-hybridized carbons (Fsp3) is 0. The van der Waals surface area contributed by atoms with E-state index in [9.17, 15) is 14.0 Å². The molecule has 0 unspecified atom stereocenters. The van der Waals surface area contributed by atoms with Crippen LogP contribution in [-0.2, 0) is 0 Å². The summed E-state index contributed by atoms with van der Waals surface area (Å²) in [6, 6.07) is 14.6. The van der Waals surface area contributed by atoms with Gasteiger partial charge in [-0.1, -0.05) is 0 Å². The molecule has 0 aliphatic heterocycles. The first-order chi connectivity index (χ1) is 13.5. The lowest BCUT2D eigenvalue weighted by Gasteiger charge is -2.04. The SMILES string of the molecule is O=C(O)c1ccc(N/N=C/c2ccc(OC(=O)c3ccc(F)cc3)cc2)nc1. The molecule has 0 aliphatic rings. The smallest absolute Gasteiger partial charge is 0.343 e. The summed E-state index contributed by atoms with van der Waals surface area (Å²) in [4.78, 5) is 26.7. The highest BCUT2D eigenvalue weighted by atomic mass is 19.1. The number of anilines is 1. The van der Waals surface area contributed by atoms with Crippen molar-refractivity contribution >= 4 is 24.0 Å². The van der Waals surface area contributed by atoms with Crippen LogP contribution in [0, 0.1) is 5.82 Å². The third-order valence-electron chi connectivity index (χ3n) is 3.57. The number of esters is 1. The van der Waals surface area contributed by atoms with Crippen molar-refractivity contribution in [3.63, 3.8) is 0 Å². The van der Waals surface area contributed by atoms with Gasteiger partial charge in [-0.2, -0.15) is 5.10 Å². The molecule has 0 aliphatic carbocycles. The Balaban J connectivity index is 1.56. The summed E-state index contributed by atoms with van der Waals surface area (Å²) >= 11 is 0. The van der Waals surface area contributed by atoms with Gasteiger partial charge in [0.05, 0.1) is 17.3 Å². The molecule has 0 atom stereocenters. The summed E-state index contributed by atoms with van der Waals surface area (Å²) in [5.41, 5.74) is 3.75. The van der Waals surface area contributed by atoms with Crippen LogP contribution in [0.15, 0.2) is 72.0 Å². The zero-order chi connectivity index (χ0) is 19.9. The number of carboxylic acid groups (broad SMARTS) is 1. The number of ether oxygens (including phenoxy) is 1. The Labute approximate surface area is 159 Å². The third kappa shape index (κ3) is 4.98. The number of hydrazone groups is 1. The first kappa shape index (κ1) is 18.7. The maximum atomic E-state index is 12.9. The van der Waals surface area contributed by atoms with Crippen LogP contribution in [-0.4, -0.2) is 28.2 Å². The average Bonchev–Trinajstić information content (AvgIpc) is 2.70. The van der Waals surface area contributed by atoms with E-state index >= 15 is 0 Å². The number of aromatic nitrogens is 1. The van der Waals surface area contributed by atoms with Crippen LogP contribution in [0.5, 0.6) is 5.75 Å². The molecular weight excluding hydrogens is 365 g/mol. The van der Waals surface area contributed by atoms with Crippen molar-refractivity contribution in [2.24, 2.45) is 5.10 Å². The Morgan fingerprint density at radius 1 is 1.00 bits per heavy atom. The molecule has 2 N–H and O–H groups in total. The molecular formula is C20H14FN3O4. The minimum absolute atomic E-state index is 0.0836. The first-order valence-corrected chi connectivity index (χ1v) is 8.07. The van der Waals surface area contributed by atoms with E-state index in [-0.39, 0.29) is 11.1 Å². The van der Waals surface area contributed by atoms with Crippen molar-refractivity contribution < 1.29 is 23.8 Å². The molecule has 0 spiro atoms. The first-order valence-electron chi connectivity index (χ1n) is 8.07. The van der Waals surface area contributed by atoms with Gasteiger partial charge in [-0.05, 0) is 66.2 Å². The number of benzene rings is 2. The highest BCUT2D eigenvalue weighted by molar-refractivity contribution is 5.91. The van der Waals surface area contributed by atoms with Crippen LogP contribution in [0.25, 0.3) is 0 Å². The van der Waals surface area contributed by atoms with E-state index in [1.165, 1.54) is 48.8 Å². The monoisotopic (exact) mass is 379 g/mol. The minimum Gasteiger partial charge on any atom is -0.478 e. The Kier molecular flexibility index (Phi) is 5.71. The second-order valence-corrected chi connectivity index (χ2v) is 5.57. The summed E-state index contributed by atoms with van der Waals surface area (Å²) in [6.45, 7) is 0. The number of carbonyl (C=O) groups excluding carboxylic acids is 1. The molecule has 3 rings (SSSR count). The maximum Gasteiger partial charge on any atom is 0.343 e. The van der Waals surface area contributed by atoms with Crippen LogP contribution in [0.4, 0.5) is 10.2 Å². The van der Waals surface area contributed by atoms with Crippen molar-refractivity contribution in [2.45, 2.75) is 0 Å². The highest BCUT2D eigenvalue weighted by Gasteiger charge is 2.08. The number of nitrogens with one attached hydrogen (secondary N) is 1. The quantitative estimate of drug-likeness (QED) is 0.294. The van der Waals surface area contributed by atoms with E-state index in [0.717, 1.165) is 5.56 Å². The molecule has 2 aromatic carbocycles. The molecule has 1 heterocycles. The van der Waals surface area contributed by atoms with Crippen molar-refractivity contribution in [3.05, 3.63) is 89.4 Å². The molecule has 0 amide bonds. The third-order valence-corrected chi connectivity index (χ3v) is 3.57. The fourth-order valence-corrected chi connectivity index (χ4v) is 2.13. The number of aromatic carboxylic acids is 1. The Morgan fingerprint density at radius 3 is 2.29 bits per heavy atom. The lowest BCUT2D eigenvalue weighted by Crippen LogP contribution is -2.08. The Bertz CT molecular complexity index is 1000. The lowest BCUT2D eigenvalue weighted by atomic mass is 10.2. The van der Waals surface area contributed by atoms with Gasteiger partial charge in [-0.3, -0.25) is 5.43 Å². The standard InChI is InChI=1S/C20H14FN3O4/c21-16-6-3-14(4-7-16)20(27)28-17-8-1-13(2-9-17)11-23-24-18-10-5-15(12-22-18)19(25)26/h1-12H,(H,22,24)(H,25,26)/b23-11+. The van der Waals surface area contributed by atoms with Gasteiger partial charge in [0.25, 0.3) is 0 Å². The number of rotatable bonds is 6. The van der Waals surface area contributed by atoms with Crippen LogP contribution in [0.3, 0.4) is 0 Å². The average molecular weight is 379 g/mol. The number of pyridine rings is 1. The van der Waals surface area contributed by atoms with Gasteiger partial charge in [-0.15, -0.1) is 0 Å². The van der Waals surface area contributed by atoms with E-state index < -0.39 is 17.8 Å². The zero-order valence-corrected chi connectivity index (χ0v) is 14.4. The minimum atomic E-state index is -1.05. The summed E-state index contributed by atoms with van der Waals surface area (Å²) in [5, 5.41) is 12.8. The summed E-state index contributed by atoms with van der Waals surface area (Å²) < 4.78 is 18.1. The van der Waals surface area contributed by atoms with Gasteiger partial charge < -0.3 is 9.84 Å². The summed E-state index contributed by atoms with van der Waals surface area (Å²) in [7, 11) is 0. The lowest BCUT2D eigenvalue weighted by molar-refractivity contribution is 0.0694. The van der Waals surface area contributed by atoms with Crippen LogP contribution < -0.4 is 10.2 Å². The zero-order valence-electron chi connectivity index (χ0n) is 14.4. The van der Waals surface area contributed by atoms with Gasteiger partial charge in [0.15, 0.2) is 0 Å². The number of nitrogens with zero attached hydrogens (tertiary/aromatic N) is 2. The molecule has 7 nitrogen and oxygen atoms in total. The van der Waals surface area contributed by atoms with E-state index in [1.54, 1.807) is 24.3 Å². The molecule has 3 aromatic rings. The maximum absolute atomic E-state index is 12.9. The molecule has 0 saturated heterocycles. The van der Waals surface area contributed by atoms with E-state index in [2.05, 4.69) is 15.5 Å². The Hall–Kier alpha value is -4.07. The van der Waals surface area contributed by atoms with E-state index in [0.29, 0.717) is 11.6 Å². The molecule has 28 heavy (non-hydrogen) atoms. The van der Waals surface area contributed by atoms with Gasteiger partial charge in [0.1, 0.15) is 17.4 Å². The highest BCUT2D eigenvalue weighted by Crippen LogP contribution is 2.14. The van der Waals surface area contributed by atoms with Crippen molar-refractivity contribution in [2.75, 3.05) is 5.43 Å². The van der Waals surface area contributed by atoms with Gasteiger partial charge in [0.2, 0.25) is 0 Å². The molecule has 8 heteroatoms. The summed E-state index contributed by atoms with van der Waals surface area (Å²) in [6.07, 6.45) is 2.75. The number of halogens is 1. The largest absolute Gasteiger partial charge is 0.478 e. The number of carbonyl (C=O) groups is 2. The van der Waals surface area contributed by atoms with Gasteiger partial charge in [0, 0.05) is 6.20 Å². The molecule has 140 valence electrons. The number of carboxylic acids is 1. The van der Waals surface area contributed by atoms with Gasteiger partial charge in [-0.25, -0.2) is 19.0 Å². The van der Waals surface area contributed by atoms with Gasteiger partial charge >= 0.3 is 11.9 Å². The van der Waals surface area contributed by atoms with Crippen molar-refractivity contribution in [1.82, 2.24) is 4.98 Å². The van der Waals surface area contributed by atoms with E-state index in [4.69, 9.17) is 9.84 Å². The van der Waals surface area contributed by atoms with Crippen molar-refractivity contribution in [1.29, 1.82) is 0 Å². The van der Waals surface area contributed by atoms with Crippen molar-refractivity contribution in [3.8, 4) is 5.75 Å². The molecule has 0 bridgehead atoms. The molecule has 1 aromatic heterocycles. The predicted molar refractivity (Wildman–Crippen MR) is 100 cm³/mol. The Morgan fingerprint density at radius 2 is 1.68 bits per heavy atom. The topological polar surface area (TPSA) is 101 Å². The molecule has 0 radical (unpaired) electrons. The molecule has 0 saturated carbocycles. The molecule has 0 fully saturated rings. The summed E-state index contributed by atoms with van der Waals surface area (Å²) in [5.74, 6) is -1.33. The predicted octanol–water partition coefficient (Wildman–Crippen LogP) is 3.58. The number of hydrogen-bond acceptors (Lipinski definition) is 6. The second-order valence-electron chi connectivity index (χ2n) is 5.57. The normalized spacial score (nSPS) is 10.6. The van der Waals surface area contributed by atoms with Crippen LogP contribution >= 0.6 is 0 Å². The number of hydrogen-bond donors (Lipinski definition) is 2. The van der Waals surface area contributed by atoms with Crippen LogP contribution in [0.2, 0.25) is 0 Å². The second kappa shape index (κ2) is 8.54. The van der Waals surface area contributed by atoms with E-state index in [1.807, 2.05) is 0 Å². The van der Waals surface area contributed by atoms with Crippen LogP contribution in [0.1, 0.15) is 26.3 Å². The fourth-order valence-electron chi connectivity index (χ4n) is 2.13.